The van der Waals surface area contributed by atoms with Gasteiger partial charge < -0.3 is 32.8 Å². The smallest absolute Gasteiger partial charge is 0.496 e. The molecule has 316 valence electrons. The Morgan fingerprint density at radius 3 is 1.72 bits per heavy atom. The average molecular weight is 807 g/mol. The molecule has 2 aromatic rings. The molecule has 8 fully saturated rings. The first-order valence-electron chi connectivity index (χ1n) is 21.0. The molecule has 0 radical (unpaired) electrons. The summed E-state index contributed by atoms with van der Waals surface area (Å²) in [6, 6.07) is 5.88. The van der Waals surface area contributed by atoms with Crippen molar-refractivity contribution in [3.8, 4) is 5.75 Å². The van der Waals surface area contributed by atoms with Crippen LogP contribution in [0.3, 0.4) is 0 Å². The lowest BCUT2D eigenvalue weighted by atomic mass is 9.43. The van der Waals surface area contributed by atoms with Gasteiger partial charge in [0.15, 0.2) is 0 Å². The number of carbonyl (C=O) groups is 2. The summed E-state index contributed by atoms with van der Waals surface area (Å²) in [4.78, 5) is 25.2. The highest BCUT2D eigenvalue weighted by Gasteiger charge is 2.69. The van der Waals surface area contributed by atoms with Crippen LogP contribution in [0.5, 0.6) is 5.75 Å². The van der Waals surface area contributed by atoms with Crippen molar-refractivity contribution in [2.24, 2.45) is 34.5 Å². The number of carbonyl (C=O) groups excluding carboxylic acids is 2. The van der Waals surface area contributed by atoms with Gasteiger partial charge in [-0.3, -0.25) is 0 Å². The Balaban J connectivity index is 0.000000177. The van der Waals surface area contributed by atoms with Crippen molar-refractivity contribution in [1.82, 2.24) is 0 Å². The average Bonchev–Trinajstić information content (AvgIpc) is 3.63. The van der Waals surface area contributed by atoms with E-state index in [4.69, 9.17) is 32.8 Å². The minimum absolute atomic E-state index is 0.00226. The second kappa shape index (κ2) is 14.3. The van der Waals surface area contributed by atoms with Crippen molar-refractivity contribution < 1.29 is 51.2 Å². The van der Waals surface area contributed by atoms with Gasteiger partial charge in [-0.15, -0.1) is 0 Å². The molecule has 0 N–H and O–H groups in total. The molecular weight excluding hydrogens is 744 g/mol. The summed E-state index contributed by atoms with van der Waals surface area (Å²) in [7, 11) is 0.322. The monoisotopic (exact) mass is 806 g/mol. The van der Waals surface area contributed by atoms with E-state index in [1.54, 1.807) is 60.6 Å². The highest BCUT2D eigenvalue weighted by molar-refractivity contribution is 6.63. The van der Waals surface area contributed by atoms with E-state index >= 15 is 0 Å². The molecule has 13 heteroatoms. The van der Waals surface area contributed by atoms with Crippen molar-refractivity contribution in [3.05, 3.63) is 58.2 Å². The molecule has 6 saturated carbocycles. The first-order valence-corrected chi connectivity index (χ1v) is 21.0. The highest BCUT2D eigenvalue weighted by atomic mass is 19.1. The van der Waals surface area contributed by atoms with Gasteiger partial charge >= 0.3 is 26.2 Å². The zero-order chi connectivity index (χ0) is 42.7. The zero-order valence-electron chi connectivity index (χ0n) is 36.9. The molecule has 8 aliphatic rings. The Morgan fingerprint density at radius 1 is 0.724 bits per heavy atom. The van der Waals surface area contributed by atoms with E-state index < -0.39 is 47.5 Å². The standard InChI is InChI=1S/C23H32BFO4.C22H30BFO5/c1-13-14(8-9-16(25)19(13)20(26)27-21(2,3)4)12-24-28-18-11-15-10-17(22(15,5)6)23(18,7)29-24;1-20(2,3)27-19(25)17-14(24)9-8-13(18(17)26-7)23-28-16-11-12-10-15(21(12,4)5)22(16,6)29-23/h8-9,15,17-18H,10-12H2,1-7H3;8-9,12,15-16H,10-11H2,1-7H3/t15-,17-,18?,23-;12-,15-,16?,22-/m00/s1. The van der Waals surface area contributed by atoms with Gasteiger partial charge in [-0.1, -0.05) is 39.8 Å². The number of esters is 2. The van der Waals surface area contributed by atoms with Gasteiger partial charge in [0.1, 0.15) is 34.1 Å². The van der Waals surface area contributed by atoms with Gasteiger partial charge in [0.05, 0.1) is 36.1 Å². The van der Waals surface area contributed by atoms with E-state index in [2.05, 4.69) is 41.5 Å². The van der Waals surface area contributed by atoms with Crippen LogP contribution >= 0.6 is 0 Å². The summed E-state index contributed by atoms with van der Waals surface area (Å²) in [5.74, 6) is -0.319. The first kappa shape index (κ1) is 43.1. The lowest BCUT2D eigenvalue weighted by Crippen LogP contribution is -2.65. The van der Waals surface area contributed by atoms with E-state index in [0.717, 1.165) is 24.8 Å². The van der Waals surface area contributed by atoms with Crippen molar-refractivity contribution in [2.75, 3.05) is 7.11 Å². The Morgan fingerprint density at radius 2 is 1.21 bits per heavy atom. The molecule has 2 aromatic carbocycles. The maximum atomic E-state index is 14.6. The number of ether oxygens (including phenoxy) is 3. The molecular formula is C45H62B2F2O9. The molecule has 4 bridgehead atoms. The van der Waals surface area contributed by atoms with Crippen molar-refractivity contribution in [3.63, 3.8) is 0 Å². The quantitative estimate of drug-likeness (QED) is 0.210. The predicted octanol–water partition coefficient (Wildman–Crippen LogP) is 8.62. The molecule has 2 heterocycles. The van der Waals surface area contributed by atoms with Crippen LogP contribution in [-0.4, -0.2) is 67.9 Å². The zero-order valence-corrected chi connectivity index (χ0v) is 36.9. The highest BCUT2D eigenvalue weighted by Crippen LogP contribution is 2.67. The lowest BCUT2D eigenvalue weighted by Gasteiger charge is -2.64. The van der Waals surface area contributed by atoms with Gasteiger partial charge in [0.2, 0.25) is 0 Å². The van der Waals surface area contributed by atoms with Crippen LogP contribution in [0.2, 0.25) is 0 Å². The summed E-state index contributed by atoms with van der Waals surface area (Å²) in [6.45, 7) is 25.9. The maximum absolute atomic E-state index is 14.6. The van der Waals surface area contributed by atoms with Crippen LogP contribution in [0, 0.1) is 53.1 Å². The summed E-state index contributed by atoms with van der Waals surface area (Å²) >= 11 is 0. The second-order valence-corrected chi connectivity index (χ2v) is 21.2. The van der Waals surface area contributed by atoms with Crippen LogP contribution in [-0.2, 0) is 34.4 Å². The number of benzene rings is 2. The molecule has 58 heavy (non-hydrogen) atoms. The van der Waals surface area contributed by atoms with Crippen LogP contribution in [0.4, 0.5) is 8.78 Å². The number of hydrogen-bond donors (Lipinski definition) is 0. The first-order chi connectivity index (χ1) is 26.7. The summed E-state index contributed by atoms with van der Waals surface area (Å²) < 4.78 is 70.9. The molecule has 2 aliphatic heterocycles. The minimum atomic E-state index is -0.765. The van der Waals surface area contributed by atoms with Crippen LogP contribution in [0.15, 0.2) is 24.3 Å². The molecule has 10 rings (SSSR count). The van der Waals surface area contributed by atoms with Crippen molar-refractivity contribution in [2.45, 2.75) is 157 Å². The van der Waals surface area contributed by atoms with E-state index in [1.807, 2.05) is 0 Å². The van der Waals surface area contributed by atoms with Crippen molar-refractivity contribution in [1.29, 1.82) is 0 Å². The van der Waals surface area contributed by atoms with Gasteiger partial charge in [0, 0.05) is 11.8 Å². The van der Waals surface area contributed by atoms with E-state index in [-0.39, 0.29) is 47.2 Å². The molecule has 0 aromatic heterocycles. The number of hydrogen-bond acceptors (Lipinski definition) is 9. The Labute approximate surface area is 344 Å². The van der Waals surface area contributed by atoms with E-state index in [0.29, 0.717) is 46.4 Å². The molecule has 8 atom stereocenters. The van der Waals surface area contributed by atoms with Gasteiger partial charge in [0.25, 0.3) is 0 Å². The summed E-state index contributed by atoms with van der Waals surface area (Å²) in [5, 5.41) is 0. The van der Waals surface area contributed by atoms with Crippen LogP contribution < -0.4 is 10.2 Å². The Kier molecular flexibility index (Phi) is 10.6. The predicted molar refractivity (Wildman–Crippen MR) is 218 cm³/mol. The fraction of sp³-hybridized carbons (Fsp3) is 0.689. The third-order valence-corrected chi connectivity index (χ3v) is 14.7. The topological polar surface area (TPSA) is 98.8 Å². The molecule has 0 spiro atoms. The van der Waals surface area contributed by atoms with Gasteiger partial charge in [-0.2, -0.15) is 0 Å². The van der Waals surface area contributed by atoms with Gasteiger partial charge in [-0.25, -0.2) is 18.4 Å². The van der Waals surface area contributed by atoms with Crippen molar-refractivity contribution >= 4 is 31.6 Å². The molecule has 9 nitrogen and oxygen atoms in total. The molecule has 2 unspecified atom stereocenters. The van der Waals surface area contributed by atoms with Crippen LogP contribution in [0.25, 0.3) is 0 Å². The third kappa shape index (κ3) is 7.21. The van der Waals surface area contributed by atoms with Crippen LogP contribution in [0.1, 0.15) is 141 Å². The number of halogens is 2. The second-order valence-electron chi connectivity index (χ2n) is 21.2. The third-order valence-electron chi connectivity index (χ3n) is 14.7. The molecule has 2 saturated heterocycles. The van der Waals surface area contributed by atoms with E-state index in [9.17, 15) is 18.4 Å². The Hall–Kier alpha value is -2.99. The SMILES string of the molecule is COc1c(B2OC3C[C@@H]4C[C@@H](C4(C)C)[C@]3(C)O2)ccc(F)c1C(=O)OC(C)(C)C.Cc1c(CB2OC3C[C@@H]4C[C@@H](C4(C)C)[C@]3(C)O2)ccc(F)c1C(=O)OC(C)(C)C. The summed E-state index contributed by atoms with van der Waals surface area (Å²) in [6.07, 6.45) is 4.89. The largest absolute Gasteiger partial charge is 0.498 e. The Bertz CT molecular complexity index is 1970. The lowest BCUT2D eigenvalue weighted by molar-refractivity contribution is -0.199. The van der Waals surface area contributed by atoms with Gasteiger partial charge in [-0.05, 0) is 146 Å². The molecule has 6 aliphatic carbocycles. The number of methoxy groups -OCH3 is 1. The summed E-state index contributed by atoms with van der Waals surface area (Å²) in [5.41, 5.74) is 0.138. The fourth-order valence-electron chi connectivity index (χ4n) is 11.2. The van der Waals surface area contributed by atoms with E-state index in [1.165, 1.54) is 25.7 Å². The normalized spacial score (nSPS) is 32.5. The fourth-order valence-corrected chi connectivity index (χ4v) is 11.2. The number of rotatable bonds is 6. The maximum Gasteiger partial charge on any atom is 0.498 e. The minimum Gasteiger partial charge on any atom is -0.496 e. The molecule has 0 amide bonds.